The Balaban J connectivity index is 1.00. The number of amides is 2. The highest BCUT2D eigenvalue weighted by Gasteiger charge is 2.23. The monoisotopic (exact) mass is 603 g/mol. The fourth-order valence-corrected chi connectivity index (χ4v) is 6.26. The van der Waals surface area contributed by atoms with Crippen molar-refractivity contribution in [2.24, 2.45) is 0 Å². The van der Waals surface area contributed by atoms with Gasteiger partial charge in [0, 0.05) is 50.5 Å². The molecule has 4 aromatic rings. The third-order valence-corrected chi connectivity index (χ3v) is 8.60. The normalized spacial score (nSPS) is 15.8. The number of hydrogen-bond donors (Lipinski definition) is 1. The van der Waals surface area contributed by atoms with E-state index in [4.69, 9.17) is 23.2 Å². The number of aromatic nitrogens is 3. The second-order valence-corrected chi connectivity index (χ2v) is 11.8. The molecular formula is C32H35Cl2N7O. The Bertz CT molecular complexity index is 1470. The SMILES string of the molecule is O=C(Nc1c(Cl)cc(CN2CCCC2)cc1Cl)N1CCN(c2ccc(-c3ncn(CCc4ccccc4)n3)cc2)CC1. The van der Waals surface area contributed by atoms with Crippen molar-refractivity contribution in [3.05, 3.63) is 94.2 Å². The minimum absolute atomic E-state index is 0.185. The molecule has 0 radical (unpaired) electrons. The van der Waals surface area contributed by atoms with E-state index in [1.54, 1.807) is 6.33 Å². The number of anilines is 2. The molecule has 42 heavy (non-hydrogen) atoms. The number of carbonyl (C=O) groups is 1. The van der Waals surface area contributed by atoms with Crippen LogP contribution in [0.25, 0.3) is 11.4 Å². The summed E-state index contributed by atoms with van der Waals surface area (Å²) in [6, 6.07) is 22.3. The Morgan fingerprint density at radius 1 is 0.833 bits per heavy atom. The van der Waals surface area contributed by atoms with Crippen molar-refractivity contribution >= 4 is 40.6 Å². The van der Waals surface area contributed by atoms with E-state index >= 15 is 0 Å². The summed E-state index contributed by atoms with van der Waals surface area (Å²) in [4.78, 5) is 24.1. The van der Waals surface area contributed by atoms with Crippen LogP contribution in [0.1, 0.15) is 24.0 Å². The smallest absolute Gasteiger partial charge is 0.322 e. The number of halogens is 2. The maximum absolute atomic E-state index is 13.1. The highest BCUT2D eigenvalue weighted by Crippen LogP contribution is 2.33. The summed E-state index contributed by atoms with van der Waals surface area (Å²) in [7, 11) is 0. The minimum atomic E-state index is -0.185. The van der Waals surface area contributed by atoms with E-state index in [9.17, 15) is 4.79 Å². The van der Waals surface area contributed by atoms with Crippen molar-refractivity contribution < 1.29 is 4.79 Å². The molecule has 2 fully saturated rings. The summed E-state index contributed by atoms with van der Waals surface area (Å²) in [6.45, 7) is 6.47. The van der Waals surface area contributed by atoms with Crippen LogP contribution < -0.4 is 10.2 Å². The molecule has 0 aliphatic carbocycles. The zero-order chi connectivity index (χ0) is 28.9. The zero-order valence-electron chi connectivity index (χ0n) is 23.6. The van der Waals surface area contributed by atoms with Gasteiger partial charge in [-0.3, -0.25) is 9.58 Å². The van der Waals surface area contributed by atoms with Crippen LogP contribution in [0.2, 0.25) is 10.0 Å². The Morgan fingerprint density at radius 3 is 2.21 bits per heavy atom. The predicted octanol–water partition coefficient (Wildman–Crippen LogP) is 6.44. The highest BCUT2D eigenvalue weighted by atomic mass is 35.5. The summed E-state index contributed by atoms with van der Waals surface area (Å²) >= 11 is 13.1. The van der Waals surface area contributed by atoms with Crippen molar-refractivity contribution in [3.63, 3.8) is 0 Å². The first kappa shape index (κ1) is 28.5. The van der Waals surface area contributed by atoms with E-state index in [-0.39, 0.29) is 6.03 Å². The molecule has 0 unspecified atom stereocenters. The fourth-order valence-electron chi connectivity index (χ4n) is 5.63. The van der Waals surface area contributed by atoms with Gasteiger partial charge >= 0.3 is 6.03 Å². The minimum Gasteiger partial charge on any atom is -0.368 e. The van der Waals surface area contributed by atoms with Crippen LogP contribution >= 0.6 is 23.2 Å². The third kappa shape index (κ3) is 6.89. The first-order valence-corrected chi connectivity index (χ1v) is 15.3. The lowest BCUT2D eigenvalue weighted by Gasteiger charge is -2.36. The van der Waals surface area contributed by atoms with Crippen LogP contribution in [0.3, 0.4) is 0 Å². The van der Waals surface area contributed by atoms with E-state index in [1.165, 1.54) is 18.4 Å². The van der Waals surface area contributed by atoms with Crippen molar-refractivity contribution in [2.45, 2.75) is 32.4 Å². The second kappa shape index (κ2) is 13.2. The van der Waals surface area contributed by atoms with Crippen LogP contribution in [-0.2, 0) is 19.5 Å². The number of benzene rings is 3. The Hall–Kier alpha value is -3.59. The number of nitrogens with one attached hydrogen (secondary N) is 1. The van der Waals surface area contributed by atoms with Gasteiger partial charge in [-0.15, -0.1) is 0 Å². The second-order valence-electron chi connectivity index (χ2n) is 10.9. The molecule has 0 saturated carbocycles. The summed E-state index contributed by atoms with van der Waals surface area (Å²) in [5.41, 5.74) is 4.92. The molecule has 3 aromatic carbocycles. The molecule has 2 amide bonds. The van der Waals surface area contributed by atoms with E-state index < -0.39 is 0 Å². The molecule has 0 bridgehead atoms. The summed E-state index contributed by atoms with van der Waals surface area (Å²) in [5.74, 6) is 0.720. The van der Waals surface area contributed by atoms with Gasteiger partial charge in [-0.1, -0.05) is 53.5 Å². The predicted molar refractivity (Wildman–Crippen MR) is 169 cm³/mol. The molecule has 2 saturated heterocycles. The molecule has 3 heterocycles. The topological polar surface area (TPSA) is 69.5 Å². The quantitative estimate of drug-likeness (QED) is 0.251. The number of piperazine rings is 1. The van der Waals surface area contributed by atoms with Gasteiger partial charge in [0.05, 0.1) is 15.7 Å². The molecule has 10 heteroatoms. The number of rotatable bonds is 8. The first-order chi connectivity index (χ1) is 20.5. The number of carbonyl (C=O) groups excluding carboxylic acids is 1. The number of likely N-dealkylation sites (tertiary alicyclic amines) is 1. The van der Waals surface area contributed by atoms with Crippen LogP contribution in [-0.4, -0.2) is 69.9 Å². The maximum Gasteiger partial charge on any atom is 0.322 e. The van der Waals surface area contributed by atoms with E-state index in [1.807, 2.05) is 27.8 Å². The average Bonchev–Trinajstić information content (AvgIpc) is 3.71. The van der Waals surface area contributed by atoms with Crippen molar-refractivity contribution in [1.29, 1.82) is 0 Å². The first-order valence-electron chi connectivity index (χ1n) is 14.6. The Morgan fingerprint density at radius 2 is 1.52 bits per heavy atom. The Kier molecular flexibility index (Phi) is 8.93. The number of hydrogen-bond acceptors (Lipinski definition) is 5. The van der Waals surface area contributed by atoms with E-state index in [0.717, 1.165) is 68.3 Å². The van der Waals surface area contributed by atoms with Crippen LogP contribution in [0.15, 0.2) is 73.1 Å². The van der Waals surface area contributed by atoms with Crippen molar-refractivity contribution in [2.75, 3.05) is 49.5 Å². The molecule has 1 N–H and O–H groups in total. The molecular weight excluding hydrogens is 569 g/mol. The average molecular weight is 605 g/mol. The largest absolute Gasteiger partial charge is 0.368 e. The molecule has 8 nitrogen and oxygen atoms in total. The van der Waals surface area contributed by atoms with Crippen molar-refractivity contribution in [1.82, 2.24) is 24.6 Å². The molecule has 6 rings (SSSR count). The number of aryl methyl sites for hydroxylation is 2. The van der Waals surface area contributed by atoms with Crippen LogP contribution in [0, 0.1) is 0 Å². The Labute approximate surface area is 256 Å². The molecule has 2 aliphatic rings. The highest BCUT2D eigenvalue weighted by molar-refractivity contribution is 6.39. The molecule has 2 aliphatic heterocycles. The lowest BCUT2D eigenvalue weighted by atomic mass is 10.1. The molecule has 1 aromatic heterocycles. The van der Waals surface area contributed by atoms with E-state index in [2.05, 4.69) is 73.7 Å². The molecule has 218 valence electrons. The number of nitrogens with zero attached hydrogens (tertiary/aromatic N) is 6. The van der Waals surface area contributed by atoms with Gasteiger partial charge in [-0.2, -0.15) is 5.10 Å². The molecule has 0 atom stereocenters. The lowest BCUT2D eigenvalue weighted by Crippen LogP contribution is -2.50. The number of urea groups is 1. The standard InChI is InChI=1S/C32H35Cl2N7O/c33-28-20-25(22-38-13-4-5-14-38)21-29(34)30(28)36-32(42)40-18-16-39(17-19-40)27-10-8-26(9-11-27)31-35-23-41(37-31)15-12-24-6-2-1-3-7-24/h1-3,6-11,20-21,23H,4-5,12-19,22H2,(H,36,42). The van der Waals surface area contributed by atoms with Gasteiger partial charge in [0.1, 0.15) is 6.33 Å². The zero-order valence-corrected chi connectivity index (χ0v) is 25.1. The van der Waals surface area contributed by atoms with Gasteiger partial charge < -0.3 is 15.1 Å². The van der Waals surface area contributed by atoms with E-state index in [0.29, 0.717) is 28.8 Å². The van der Waals surface area contributed by atoms with Gasteiger partial charge in [0.15, 0.2) is 5.82 Å². The van der Waals surface area contributed by atoms with Crippen LogP contribution in [0.5, 0.6) is 0 Å². The van der Waals surface area contributed by atoms with Gasteiger partial charge in [-0.05, 0) is 79.9 Å². The summed E-state index contributed by atoms with van der Waals surface area (Å²) in [6.07, 6.45) is 5.17. The fraction of sp³-hybridized carbons (Fsp3) is 0.344. The molecule has 0 spiro atoms. The van der Waals surface area contributed by atoms with Gasteiger partial charge in [0.2, 0.25) is 0 Å². The lowest BCUT2D eigenvalue weighted by molar-refractivity contribution is 0.208. The summed E-state index contributed by atoms with van der Waals surface area (Å²) < 4.78 is 1.89. The third-order valence-electron chi connectivity index (χ3n) is 8.01. The van der Waals surface area contributed by atoms with Crippen LogP contribution in [0.4, 0.5) is 16.2 Å². The maximum atomic E-state index is 13.1. The van der Waals surface area contributed by atoms with Gasteiger partial charge in [0.25, 0.3) is 0 Å². The van der Waals surface area contributed by atoms with Crippen molar-refractivity contribution in [3.8, 4) is 11.4 Å². The summed E-state index contributed by atoms with van der Waals surface area (Å²) in [5, 5.41) is 8.55. The van der Waals surface area contributed by atoms with Gasteiger partial charge in [-0.25, -0.2) is 9.78 Å².